The minimum atomic E-state index is -0.281. The van der Waals surface area contributed by atoms with Gasteiger partial charge in [-0.15, -0.1) is 11.3 Å². The van der Waals surface area contributed by atoms with Crippen molar-refractivity contribution >= 4 is 17.2 Å². The quantitative estimate of drug-likeness (QED) is 0.787. The molecule has 0 aliphatic carbocycles. The zero-order chi connectivity index (χ0) is 17.2. The Kier molecular flexibility index (Phi) is 4.34. The Hall–Kier alpha value is -2.50. The highest BCUT2D eigenvalue weighted by molar-refractivity contribution is 7.13. The molecule has 2 N–H and O–H groups in total. The maximum Gasteiger partial charge on any atom is 0.235 e. The van der Waals surface area contributed by atoms with E-state index in [1.165, 1.54) is 11.1 Å². The van der Waals surface area contributed by atoms with Gasteiger partial charge in [0.25, 0.3) is 0 Å². The molecule has 1 amide bonds. The van der Waals surface area contributed by atoms with Crippen molar-refractivity contribution < 1.29 is 4.79 Å². The molecule has 3 aromatic rings. The molecule has 4 nitrogen and oxygen atoms in total. The van der Waals surface area contributed by atoms with Crippen molar-refractivity contribution in [2.75, 3.05) is 0 Å². The van der Waals surface area contributed by atoms with Crippen LogP contribution in [0.25, 0.3) is 10.6 Å². The van der Waals surface area contributed by atoms with E-state index < -0.39 is 0 Å². The SMILES string of the molecule is NC(=O)[C@@H]1Cc2ccccc2CN1Cc1csc(-c2ccccc2)n1. The van der Waals surface area contributed by atoms with Gasteiger partial charge in [0.1, 0.15) is 5.01 Å². The summed E-state index contributed by atoms with van der Waals surface area (Å²) in [6.45, 7) is 1.35. The van der Waals surface area contributed by atoms with Crippen LogP contribution >= 0.6 is 11.3 Å². The van der Waals surface area contributed by atoms with Crippen LogP contribution in [0.2, 0.25) is 0 Å². The molecule has 25 heavy (non-hydrogen) atoms. The van der Waals surface area contributed by atoms with E-state index in [-0.39, 0.29) is 11.9 Å². The maximum absolute atomic E-state index is 12.0. The fourth-order valence-corrected chi connectivity index (χ4v) is 4.14. The van der Waals surface area contributed by atoms with Crippen molar-refractivity contribution in [2.24, 2.45) is 5.73 Å². The van der Waals surface area contributed by atoms with E-state index in [1.54, 1.807) is 11.3 Å². The zero-order valence-corrected chi connectivity index (χ0v) is 14.6. The Morgan fingerprint density at radius 1 is 1.12 bits per heavy atom. The molecule has 0 bridgehead atoms. The highest BCUT2D eigenvalue weighted by Gasteiger charge is 2.30. The predicted molar refractivity (Wildman–Crippen MR) is 99.9 cm³/mol. The molecule has 5 heteroatoms. The molecule has 4 rings (SSSR count). The van der Waals surface area contributed by atoms with Crippen LogP contribution in [0.1, 0.15) is 16.8 Å². The first-order valence-electron chi connectivity index (χ1n) is 8.30. The van der Waals surface area contributed by atoms with Crippen LogP contribution in [-0.4, -0.2) is 21.8 Å². The van der Waals surface area contributed by atoms with Gasteiger partial charge in [-0.25, -0.2) is 4.98 Å². The molecule has 1 aromatic heterocycles. The molecule has 1 atom stereocenters. The van der Waals surface area contributed by atoms with Crippen LogP contribution in [0.5, 0.6) is 0 Å². The molecule has 0 saturated carbocycles. The molecule has 0 radical (unpaired) electrons. The Bertz CT molecular complexity index is 891. The summed E-state index contributed by atoms with van der Waals surface area (Å²) in [6, 6.07) is 18.1. The molecule has 126 valence electrons. The van der Waals surface area contributed by atoms with Gasteiger partial charge in [-0.3, -0.25) is 9.69 Å². The van der Waals surface area contributed by atoms with E-state index in [1.807, 2.05) is 30.3 Å². The molecule has 0 saturated heterocycles. The number of nitrogens with zero attached hydrogens (tertiary/aromatic N) is 2. The summed E-state index contributed by atoms with van der Waals surface area (Å²) < 4.78 is 0. The number of rotatable bonds is 4. The van der Waals surface area contributed by atoms with Crippen LogP contribution in [-0.2, 0) is 24.3 Å². The Balaban J connectivity index is 1.57. The monoisotopic (exact) mass is 349 g/mol. The fourth-order valence-electron chi connectivity index (χ4n) is 3.32. The molecule has 0 spiro atoms. The van der Waals surface area contributed by atoms with Gasteiger partial charge in [-0.1, -0.05) is 54.6 Å². The van der Waals surface area contributed by atoms with Crippen molar-refractivity contribution in [1.82, 2.24) is 9.88 Å². The minimum Gasteiger partial charge on any atom is -0.368 e. The van der Waals surface area contributed by atoms with Gasteiger partial charge in [-0.05, 0) is 17.5 Å². The minimum absolute atomic E-state index is 0.270. The number of hydrogen-bond acceptors (Lipinski definition) is 4. The summed E-state index contributed by atoms with van der Waals surface area (Å²) in [5.74, 6) is -0.270. The lowest BCUT2D eigenvalue weighted by Gasteiger charge is -2.34. The first-order chi connectivity index (χ1) is 12.2. The average Bonchev–Trinajstić information content (AvgIpc) is 3.10. The maximum atomic E-state index is 12.0. The van der Waals surface area contributed by atoms with E-state index in [9.17, 15) is 4.79 Å². The Labute approximate surface area is 150 Å². The average molecular weight is 349 g/mol. The van der Waals surface area contributed by atoms with E-state index in [4.69, 9.17) is 10.7 Å². The van der Waals surface area contributed by atoms with E-state index in [2.05, 4.69) is 34.5 Å². The lowest BCUT2D eigenvalue weighted by atomic mass is 9.93. The van der Waals surface area contributed by atoms with Crippen LogP contribution in [0, 0.1) is 0 Å². The summed E-state index contributed by atoms with van der Waals surface area (Å²) in [6.07, 6.45) is 0.668. The highest BCUT2D eigenvalue weighted by atomic mass is 32.1. The second-order valence-electron chi connectivity index (χ2n) is 6.31. The molecule has 2 heterocycles. The van der Waals surface area contributed by atoms with Crippen molar-refractivity contribution in [2.45, 2.75) is 25.6 Å². The van der Waals surface area contributed by atoms with Crippen molar-refractivity contribution in [1.29, 1.82) is 0 Å². The number of nitrogens with two attached hydrogens (primary N) is 1. The lowest BCUT2D eigenvalue weighted by molar-refractivity contribution is -0.124. The molecule has 1 aliphatic rings. The molecular formula is C20H19N3OS. The largest absolute Gasteiger partial charge is 0.368 e. The van der Waals surface area contributed by atoms with Gasteiger partial charge >= 0.3 is 0 Å². The topological polar surface area (TPSA) is 59.2 Å². The summed E-state index contributed by atoms with van der Waals surface area (Å²) in [5.41, 5.74) is 10.2. The molecule has 2 aromatic carbocycles. The van der Waals surface area contributed by atoms with Gasteiger partial charge in [0.05, 0.1) is 11.7 Å². The third-order valence-corrected chi connectivity index (χ3v) is 5.55. The highest BCUT2D eigenvalue weighted by Crippen LogP contribution is 2.27. The first kappa shape index (κ1) is 16.0. The summed E-state index contributed by atoms with van der Waals surface area (Å²) in [5, 5.41) is 3.07. The number of carbonyl (C=O) groups is 1. The molecule has 0 unspecified atom stereocenters. The zero-order valence-electron chi connectivity index (χ0n) is 13.8. The van der Waals surface area contributed by atoms with E-state index in [0.29, 0.717) is 13.0 Å². The first-order valence-corrected chi connectivity index (χ1v) is 9.18. The normalized spacial score (nSPS) is 17.2. The summed E-state index contributed by atoms with van der Waals surface area (Å²) in [4.78, 5) is 18.8. The predicted octanol–water partition coefficient (Wildman–Crippen LogP) is 3.22. The third-order valence-electron chi connectivity index (χ3n) is 4.61. The standard InChI is InChI=1S/C20H19N3OS/c21-19(24)18-10-15-8-4-5-9-16(15)11-23(18)12-17-13-25-20(22-17)14-6-2-1-3-7-14/h1-9,13,18H,10-12H2,(H2,21,24)/t18-/m0/s1. The number of fused-ring (bicyclic) bond motifs is 1. The number of amides is 1. The van der Waals surface area contributed by atoms with Gasteiger partial charge in [-0.2, -0.15) is 0 Å². The smallest absolute Gasteiger partial charge is 0.235 e. The molecular weight excluding hydrogens is 330 g/mol. The number of thiazole rings is 1. The van der Waals surface area contributed by atoms with Gasteiger partial charge in [0.15, 0.2) is 0 Å². The van der Waals surface area contributed by atoms with Crippen molar-refractivity contribution in [3.63, 3.8) is 0 Å². The number of aromatic nitrogens is 1. The molecule has 1 aliphatic heterocycles. The summed E-state index contributed by atoms with van der Waals surface area (Å²) in [7, 11) is 0. The third kappa shape index (κ3) is 3.34. The number of carbonyl (C=O) groups excluding carboxylic acids is 1. The van der Waals surface area contributed by atoms with Gasteiger partial charge in [0, 0.05) is 24.0 Å². The Morgan fingerprint density at radius 3 is 2.60 bits per heavy atom. The summed E-state index contributed by atoms with van der Waals surface area (Å²) >= 11 is 1.63. The Morgan fingerprint density at radius 2 is 1.84 bits per heavy atom. The van der Waals surface area contributed by atoms with Gasteiger partial charge < -0.3 is 5.73 Å². The molecule has 0 fully saturated rings. The van der Waals surface area contributed by atoms with Crippen molar-refractivity contribution in [3.8, 4) is 10.6 Å². The number of hydrogen-bond donors (Lipinski definition) is 1. The second kappa shape index (κ2) is 6.78. The van der Waals surface area contributed by atoms with E-state index in [0.717, 1.165) is 22.8 Å². The van der Waals surface area contributed by atoms with Crippen LogP contribution < -0.4 is 5.73 Å². The number of benzene rings is 2. The van der Waals surface area contributed by atoms with Crippen LogP contribution in [0.4, 0.5) is 0 Å². The van der Waals surface area contributed by atoms with Crippen molar-refractivity contribution in [3.05, 3.63) is 76.8 Å². The second-order valence-corrected chi connectivity index (χ2v) is 7.16. The van der Waals surface area contributed by atoms with Crippen LogP contribution in [0.3, 0.4) is 0 Å². The van der Waals surface area contributed by atoms with E-state index >= 15 is 0 Å². The number of primary amides is 1. The fraction of sp³-hybridized carbons (Fsp3) is 0.200. The lowest BCUT2D eigenvalue weighted by Crippen LogP contribution is -2.48. The van der Waals surface area contributed by atoms with Gasteiger partial charge in [0.2, 0.25) is 5.91 Å². The van der Waals surface area contributed by atoms with Crippen LogP contribution in [0.15, 0.2) is 60.0 Å².